The lowest BCUT2D eigenvalue weighted by molar-refractivity contribution is -0.137. The number of carbonyl (C=O) groups is 2. The molecule has 1 atom stereocenters. The van der Waals surface area contributed by atoms with Gasteiger partial charge in [0.25, 0.3) is 0 Å². The number of benzene rings is 2. The van der Waals surface area contributed by atoms with Crippen LogP contribution in [0.2, 0.25) is 10.0 Å². The van der Waals surface area contributed by atoms with E-state index >= 15 is 0 Å². The van der Waals surface area contributed by atoms with E-state index < -0.39 is 12.0 Å². The van der Waals surface area contributed by atoms with Crippen molar-refractivity contribution in [3.8, 4) is 5.75 Å². The highest BCUT2D eigenvalue weighted by molar-refractivity contribution is 6.35. The number of fused-ring (bicyclic) bond motifs is 1. The molecule has 1 unspecified atom stereocenters. The number of ether oxygens (including phenoxy) is 1. The van der Waals surface area contributed by atoms with Crippen molar-refractivity contribution in [2.45, 2.75) is 12.5 Å². The fourth-order valence-electron chi connectivity index (χ4n) is 2.26. The molecule has 23 heavy (non-hydrogen) atoms. The number of esters is 1. The summed E-state index contributed by atoms with van der Waals surface area (Å²) in [4.78, 5) is 24.1. The monoisotopic (exact) mass is 350 g/mol. The Morgan fingerprint density at radius 3 is 2.61 bits per heavy atom. The Balaban J connectivity index is 1.67. The van der Waals surface area contributed by atoms with Gasteiger partial charge in [-0.15, -0.1) is 0 Å². The quantitative estimate of drug-likeness (QED) is 0.653. The summed E-state index contributed by atoms with van der Waals surface area (Å²) in [6.07, 6.45) is -0.0721. The van der Waals surface area contributed by atoms with Crippen LogP contribution in [0.5, 0.6) is 5.75 Å². The smallest absolute Gasteiger partial charge is 0.334 e. The van der Waals surface area contributed by atoms with Crippen LogP contribution in [0.15, 0.2) is 42.5 Å². The van der Waals surface area contributed by atoms with Gasteiger partial charge in [-0.05, 0) is 30.3 Å². The van der Waals surface area contributed by atoms with Crippen molar-refractivity contribution >= 4 is 46.5 Å². The Bertz CT molecular complexity index is 759. The average Bonchev–Trinajstić information content (AvgIpc) is 2.46. The minimum atomic E-state index is -0.750. The topological polar surface area (TPSA) is 67.4 Å². The molecular weight excluding hydrogens is 339 g/mol. The van der Waals surface area contributed by atoms with Crippen LogP contribution in [-0.2, 0) is 9.59 Å². The first kappa shape index (κ1) is 15.6. The predicted octanol–water partition coefficient (Wildman–Crippen LogP) is 3.72. The molecule has 0 fully saturated rings. The van der Waals surface area contributed by atoms with Crippen molar-refractivity contribution in [2.24, 2.45) is 0 Å². The standard InChI is InChI=1S/C16H12Cl2N2O3/c17-9-5-10(18)7-11(6-9)19-15(21)8-13-16(22)23-14-4-2-1-3-12(14)20-13/h1-7,13,20H,8H2,(H,19,21). The summed E-state index contributed by atoms with van der Waals surface area (Å²) in [6.45, 7) is 0. The highest BCUT2D eigenvalue weighted by atomic mass is 35.5. The number of carbonyl (C=O) groups excluding carboxylic acids is 2. The molecule has 0 spiro atoms. The van der Waals surface area contributed by atoms with Gasteiger partial charge in [-0.25, -0.2) is 4.79 Å². The summed E-state index contributed by atoms with van der Waals surface area (Å²) >= 11 is 11.8. The molecule has 2 aromatic rings. The largest absolute Gasteiger partial charge is 0.423 e. The van der Waals surface area contributed by atoms with Crippen LogP contribution in [-0.4, -0.2) is 17.9 Å². The summed E-state index contributed by atoms with van der Waals surface area (Å²) in [5.41, 5.74) is 1.15. The van der Waals surface area contributed by atoms with Gasteiger partial charge in [-0.1, -0.05) is 35.3 Å². The third-order valence-corrected chi connectivity index (χ3v) is 3.68. The van der Waals surface area contributed by atoms with Gasteiger partial charge in [0.1, 0.15) is 6.04 Å². The number of hydrogen-bond acceptors (Lipinski definition) is 4. The lowest BCUT2D eigenvalue weighted by Gasteiger charge is -2.25. The molecule has 1 amide bonds. The van der Waals surface area contributed by atoms with Gasteiger partial charge < -0.3 is 15.4 Å². The second-order valence-corrected chi connectivity index (χ2v) is 5.90. The molecule has 0 saturated carbocycles. The zero-order valence-electron chi connectivity index (χ0n) is 11.8. The van der Waals surface area contributed by atoms with Gasteiger partial charge >= 0.3 is 5.97 Å². The molecule has 3 rings (SSSR count). The van der Waals surface area contributed by atoms with Gasteiger partial charge in [0.15, 0.2) is 5.75 Å². The molecule has 5 nitrogen and oxygen atoms in total. The molecule has 0 aliphatic carbocycles. The zero-order valence-corrected chi connectivity index (χ0v) is 13.3. The molecule has 0 radical (unpaired) electrons. The molecule has 7 heteroatoms. The first-order valence-electron chi connectivity index (χ1n) is 6.84. The van der Waals surface area contributed by atoms with Crippen LogP contribution in [0.1, 0.15) is 6.42 Å². The number of hydrogen-bond donors (Lipinski definition) is 2. The van der Waals surface area contributed by atoms with Gasteiger partial charge in [-0.2, -0.15) is 0 Å². The molecule has 0 bridgehead atoms. The van der Waals surface area contributed by atoms with Crippen molar-refractivity contribution < 1.29 is 14.3 Å². The third kappa shape index (κ3) is 3.75. The fourth-order valence-corrected chi connectivity index (χ4v) is 2.78. The van der Waals surface area contributed by atoms with E-state index in [1.807, 2.05) is 6.07 Å². The van der Waals surface area contributed by atoms with E-state index in [4.69, 9.17) is 27.9 Å². The maximum Gasteiger partial charge on any atom is 0.334 e. The average molecular weight is 351 g/mol. The van der Waals surface area contributed by atoms with Crippen molar-refractivity contribution in [2.75, 3.05) is 10.6 Å². The maximum atomic E-state index is 12.1. The Labute approximate surface area is 142 Å². The first-order valence-corrected chi connectivity index (χ1v) is 7.60. The van der Waals surface area contributed by atoms with E-state index in [0.717, 1.165) is 0 Å². The third-order valence-electron chi connectivity index (χ3n) is 3.25. The van der Waals surface area contributed by atoms with Crippen molar-refractivity contribution in [1.82, 2.24) is 0 Å². The summed E-state index contributed by atoms with van der Waals surface area (Å²) in [6, 6.07) is 11.0. The van der Waals surface area contributed by atoms with E-state index in [2.05, 4.69) is 10.6 Å². The Morgan fingerprint density at radius 2 is 1.87 bits per heavy atom. The zero-order chi connectivity index (χ0) is 16.4. The number of anilines is 2. The van der Waals surface area contributed by atoms with Crippen LogP contribution in [0.4, 0.5) is 11.4 Å². The van der Waals surface area contributed by atoms with Crippen LogP contribution in [0.3, 0.4) is 0 Å². The van der Waals surface area contributed by atoms with Crippen molar-refractivity contribution in [3.63, 3.8) is 0 Å². The van der Waals surface area contributed by atoms with Crippen molar-refractivity contribution in [1.29, 1.82) is 0 Å². The maximum absolute atomic E-state index is 12.1. The van der Waals surface area contributed by atoms with Crippen LogP contribution < -0.4 is 15.4 Å². The summed E-state index contributed by atoms with van der Waals surface area (Å²) in [7, 11) is 0. The minimum Gasteiger partial charge on any atom is -0.423 e. The van der Waals surface area contributed by atoms with E-state index in [1.54, 1.807) is 36.4 Å². The second-order valence-electron chi connectivity index (χ2n) is 5.02. The normalized spacial score (nSPS) is 16.1. The molecular formula is C16H12Cl2N2O3. The molecule has 118 valence electrons. The molecule has 1 heterocycles. The lowest BCUT2D eigenvalue weighted by Crippen LogP contribution is -2.39. The van der Waals surface area contributed by atoms with Crippen molar-refractivity contribution in [3.05, 3.63) is 52.5 Å². The second kappa shape index (κ2) is 6.48. The van der Waals surface area contributed by atoms with Crippen LogP contribution >= 0.6 is 23.2 Å². The minimum absolute atomic E-state index is 0.0721. The highest BCUT2D eigenvalue weighted by Gasteiger charge is 2.29. The van der Waals surface area contributed by atoms with Crippen LogP contribution in [0.25, 0.3) is 0 Å². The summed E-state index contributed by atoms with van der Waals surface area (Å²) < 4.78 is 5.21. The van der Waals surface area contributed by atoms with E-state index in [1.165, 1.54) is 0 Å². The molecule has 1 aliphatic heterocycles. The SMILES string of the molecule is O=C(CC1Nc2ccccc2OC1=O)Nc1cc(Cl)cc(Cl)c1. The molecule has 2 N–H and O–H groups in total. The number of para-hydroxylation sites is 2. The first-order chi connectivity index (χ1) is 11.0. The molecule has 0 saturated heterocycles. The van der Waals surface area contributed by atoms with Gasteiger partial charge in [0.2, 0.25) is 5.91 Å². The predicted molar refractivity (Wildman–Crippen MR) is 89.2 cm³/mol. The highest BCUT2D eigenvalue weighted by Crippen LogP contribution is 2.29. The molecule has 0 aromatic heterocycles. The number of nitrogens with one attached hydrogen (secondary N) is 2. The Hall–Kier alpha value is -2.24. The van der Waals surface area contributed by atoms with E-state index in [9.17, 15) is 9.59 Å². The van der Waals surface area contributed by atoms with Gasteiger partial charge in [-0.3, -0.25) is 4.79 Å². The molecule has 1 aliphatic rings. The fraction of sp³-hybridized carbons (Fsp3) is 0.125. The number of rotatable bonds is 3. The number of amides is 1. The summed E-state index contributed by atoms with van der Waals surface area (Å²) in [5.74, 6) is -0.393. The van der Waals surface area contributed by atoms with Gasteiger partial charge in [0, 0.05) is 15.7 Å². The van der Waals surface area contributed by atoms with Gasteiger partial charge in [0.05, 0.1) is 12.1 Å². The van der Waals surface area contributed by atoms with E-state index in [0.29, 0.717) is 27.2 Å². The van der Waals surface area contributed by atoms with E-state index in [-0.39, 0.29) is 12.3 Å². The Morgan fingerprint density at radius 1 is 1.17 bits per heavy atom. The van der Waals surface area contributed by atoms with Crippen LogP contribution in [0, 0.1) is 0 Å². The molecule has 2 aromatic carbocycles. The number of halogens is 2. The Kier molecular flexibility index (Phi) is 4.41. The summed E-state index contributed by atoms with van der Waals surface area (Å²) in [5, 5.41) is 6.49. The lowest BCUT2D eigenvalue weighted by atomic mass is 10.1.